The summed E-state index contributed by atoms with van der Waals surface area (Å²) in [6, 6.07) is 0. The van der Waals surface area contributed by atoms with Gasteiger partial charge in [0.25, 0.3) is 0 Å². The average molecular weight is 330 g/mol. The maximum Gasteiger partial charge on any atom is 0.144 e. The molecule has 0 amide bonds. The Kier molecular flexibility index (Phi) is 7.31. The predicted molar refractivity (Wildman–Crippen MR) is 82.8 cm³/mol. The van der Waals surface area contributed by atoms with E-state index in [0.717, 1.165) is 47.8 Å². The first-order chi connectivity index (χ1) is 9.10. The van der Waals surface area contributed by atoms with E-state index in [1.165, 1.54) is 0 Å². The summed E-state index contributed by atoms with van der Waals surface area (Å²) in [5.41, 5.74) is 1.06. The molecule has 4 nitrogen and oxygen atoms in total. The summed E-state index contributed by atoms with van der Waals surface area (Å²) >= 11 is 3.61. The van der Waals surface area contributed by atoms with Gasteiger partial charge in [0, 0.05) is 19.6 Å². The van der Waals surface area contributed by atoms with E-state index < -0.39 is 0 Å². The first-order valence-corrected chi connectivity index (χ1v) is 7.77. The van der Waals surface area contributed by atoms with Crippen molar-refractivity contribution in [2.24, 2.45) is 0 Å². The Hall–Kier alpha value is -0.680. The van der Waals surface area contributed by atoms with Crippen LogP contribution in [0.15, 0.2) is 4.47 Å². The van der Waals surface area contributed by atoms with Crippen molar-refractivity contribution >= 4 is 21.7 Å². The van der Waals surface area contributed by atoms with Crippen LogP contribution in [-0.4, -0.2) is 29.7 Å². The van der Waals surface area contributed by atoms with Crippen molar-refractivity contribution in [3.63, 3.8) is 0 Å². The minimum Gasteiger partial charge on any atom is -0.381 e. The van der Waals surface area contributed by atoms with E-state index in [0.29, 0.717) is 12.5 Å². The number of nitrogens with one attached hydrogen (secondary N) is 1. The zero-order valence-electron chi connectivity index (χ0n) is 12.3. The molecule has 0 spiro atoms. The number of halogens is 1. The molecule has 19 heavy (non-hydrogen) atoms. The highest BCUT2D eigenvalue weighted by Crippen LogP contribution is 2.28. The molecule has 5 heteroatoms. The fraction of sp³-hybridized carbons (Fsp3) is 0.714. The third kappa shape index (κ3) is 5.07. The molecule has 0 aliphatic rings. The van der Waals surface area contributed by atoms with Crippen molar-refractivity contribution in [2.75, 3.05) is 25.1 Å². The topological polar surface area (TPSA) is 47.0 Å². The lowest BCUT2D eigenvalue weighted by molar-refractivity contribution is 0.149. The zero-order chi connectivity index (χ0) is 14.3. The Balaban J connectivity index is 2.94. The molecule has 0 unspecified atom stereocenters. The van der Waals surface area contributed by atoms with Gasteiger partial charge in [-0.3, -0.25) is 0 Å². The van der Waals surface area contributed by atoms with Crippen LogP contribution in [0.1, 0.15) is 51.6 Å². The molecule has 0 saturated carbocycles. The maximum atomic E-state index is 5.38. The number of nitrogens with zero attached hydrogens (tertiary/aromatic N) is 2. The second-order valence-corrected chi connectivity index (χ2v) is 5.51. The standard InChI is InChI=1S/C14H24BrN3O/c1-5-8-16-14-12(15)13(10(3)4)17-11(18-14)7-9-19-6-2/h10H,5-9H2,1-4H3,(H,16,17,18). The molecule has 108 valence electrons. The van der Waals surface area contributed by atoms with Gasteiger partial charge >= 0.3 is 0 Å². The SMILES string of the molecule is CCCNc1nc(CCOCC)nc(C(C)C)c1Br. The third-order valence-electron chi connectivity index (χ3n) is 2.69. The number of aromatic nitrogens is 2. The summed E-state index contributed by atoms with van der Waals surface area (Å²) < 4.78 is 6.36. The monoisotopic (exact) mass is 329 g/mol. The summed E-state index contributed by atoms with van der Waals surface area (Å²) in [4.78, 5) is 9.21. The average Bonchev–Trinajstić information content (AvgIpc) is 2.38. The van der Waals surface area contributed by atoms with Crippen molar-refractivity contribution in [2.45, 2.75) is 46.5 Å². The maximum absolute atomic E-state index is 5.38. The molecule has 0 aromatic carbocycles. The molecule has 0 aliphatic heterocycles. The predicted octanol–water partition coefficient (Wildman–Crippen LogP) is 3.76. The molecule has 0 bridgehead atoms. The van der Waals surface area contributed by atoms with Gasteiger partial charge in [0.1, 0.15) is 11.6 Å². The molecule has 0 atom stereocenters. The summed E-state index contributed by atoms with van der Waals surface area (Å²) in [6.45, 7) is 10.7. The van der Waals surface area contributed by atoms with Crippen LogP contribution in [0.3, 0.4) is 0 Å². The molecule has 1 aromatic heterocycles. The lowest BCUT2D eigenvalue weighted by atomic mass is 10.1. The van der Waals surface area contributed by atoms with Crippen molar-refractivity contribution in [1.82, 2.24) is 9.97 Å². The van der Waals surface area contributed by atoms with Crippen LogP contribution in [-0.2, 0) is 11.2 Å². The first-order valence-electron chi connectivity index (χ1n) is 6.98. The van der Waals surface area contributed by atoms with Gasteiger partial charge in [-0.05, 0) is 35.2 Å². The summed E-state index contributed by atoms with van der Waals surface area (Å²) in [5.74, 6) is 2.11. The van der Waals surface area contributed by atoms with E-state index in [1.807, 2.05) is 6.92 Å². The molecule has 0 radical (unpaired) electrons. The van der Waals surface area contributed by atoms with Crippen molar-refractivity contribution in [1.29, 1.82) is 0 Å². The fourth-order valence-corrected chi connectivity index (χ4v) is 2.45. The quantitative estimate of drug-likeness (QED) is 0.737. The van der Waals surface area contributed by atoms with Gasteiger partial charge in [0.15, 0.2) is 0 Å². The normalized spacial score (nSPS) is 11.1. The Morgan fingerprint density at radius 3 is 2.58 bits per heavy atom. The third-order valence-corrected chi connectivity index (χ3v) is 3.47. The van der Waals surface area contributed by atoms with E-state index >= 15 is 0 Å². The molecule has 0 saturated heterocycles. The van der Waals surface area contributed by atoms with Gasteiger partial charge in [-0.15, -0.1) is 0 Å². The van der Waals surface area contributed by atoms with Crippen LogP contribution in [0.2, 0.25) is 0 Å². The minimum atomic E-state index is 0.366. The zero-order valence-corrected chi connectivity index (χ0v) is 13.9. The van der Waals surface area contributed by atoms with Gasteiger partial charge < -0.3 is 10.1 Å². The molecule has 1 heterocycles. The van der Waals surface area contributed by atoms with Crippen LogP contribution in [0.4, 0.5) is 5.82 Å². The second-order valence-electron chi connectivity index (χ2n) is 4.72. The lowest BCUT2D eigenvalue weighted by Gasteiger charge is -2.14. The lowest BCUT2D eigenvalue weighted by Crippen LogP contribution is -2.11. The van der Waals surface area contributed by atoms with Gasteiger partial charge in [0.2, 0.25) is 0 Å². The fourth-order valence-electron chi connectivity index (χ4n) is 1.68. The smallest absolute Gasteiger partial charge is 0.144 e. The van der Waals surface area contributed by atoms with Crippen molar-refractivity contribution in [3.8, 4) is 0 Å². The van der Waals surface area contributed by atoms with Crippen molar-refractivity contribution in [3.05, 3.63) is 16.0 Å². The van der Waals surface area contributed by atoms with E-state index in [-0.39, 0.29) is 0 Å². The van der Waals surface area contributed by atoms with E-state index in [1.54, 1.807) is 0 Å². The highest BCUT2D eigenvalue weighted by atomic mass is 79.9. The van der Waals surface area contributed by atoms with Crippen LogP contribution >= 0.6 is 15.9 Å². The Labute approximate surface area is 124 Å². The minimum absolute atomic E-state index is 0.366. The summed E-state index contributed by atoms with van der Waals surface area (Å²) in [6.07, 6.45) is 1.82. The van der Waals surface area contributed by atoms with Gasteiger partial charge in [-0.1, -0.05) is 20.8 Å². The molecule has 1 rings (SSSR count). The molecular formula is C14H24BrN3O. The van der Waals surface area contributed by atoms with E-state index in [9.17, 15) is 0 Å². The molecular weight excluding hydrogens is 306 g/mol. The number of hydrogen-bond donors (Lipinski definition) is 1. The first kappa shape index (κ1) is 16.4. The number of anilines is 1. The molecule has 1 N–H and O–H groups in total. The number of rotatable bonds is 8. The number of ether oxygens (including phenoxy) is 1. The van der Waals surface area contributed by atoms with Gasteiger partial charge in [-0.25, -0.2) is 9.97 Å². The van der Waals surface area contributed by atoms with Crippen LogP contribution in [0.25, 0.3) is 0 Å². The van der Waals surface area contributed by atoms with Crippen molar-refractivity contribution < 1.29 is 4.74 Å². The number of hydrogen-bond acceptors (Lipinski definition) is 4. The van der Waals surface area contributed by atoms with Crippen LogP contribution < -0.4 is 5.32 Å². The Bertz CT molecular complexity index is 397. The summed E-state index contributed by atoms with van der Waals surface area (Å²) in [5, 5.41) is 3.35. The highest BCUT2D eigenvalue weighted by Gasteiger charge is 2.14. The Morgan fingerprint density at radius 2 is 2.00 bits per heavy atom. The van der Waals surface area contributed by atoms with E-state index in [4.69, 9.17) is 4.74 Å². The summed E-state index contributed by atoms with van der Waals surface area (Å²) in [7, 11) is 0. The van der Waals surface area contributed by atoms with E-state index in [2.05, 4.69) is 52.0 Å². The second kappa shape index (κ2) is 8.48. The highest BCUT2D eigenvalue weighted by molar-refractivity contribution is 9.10. The van der Waals surface area contributed by atoms with Gasteiger partial charge in [-0.2, -0.15) is 0 Å². The largest absolute Gasteiger partial charge is 0.381 e. The molecule has 0 aliphatic carbocycles. The van der Waals surface area contributed by atoms with Crippen LogP contribution in [0, 0.1) is 0 Å². The molecule has 0 fully saturated rings. The Morgan fingerprint density at radius 1 is 1.26 bits per heavy atom. The van der Waals surface area contributed by atoms with Crippen LogP contribution in [0.5, 0.6) is 0 Å². The molecule has 1 aromatic rings. The van der Waals surface area contributed by atoms with Gasteiger partial charge in [0.05, 0.1) is 16.8 Å².